The second-order valence-electron chi connectivity index (χ2n) is 5.85. The Bertz CT molecular complexity index is 565. The summed E-state index contributed by atoms with van der Waals surface area (Å²) in [4.78, 5) is 25.6. The first-order valence-electron chi connectivity index (χ1n) is 8.26. The number of fused-ring (bicyclic) bond motifs is 1. The maximum atomic E-state index is 12.3. The molecule has 1 aliphatic rings. The molecule has 0 spiro atoms. The zero-order valence-electron chi connectivity index (χ0n) is 14.1. The molecule has 5 nitrogen and oxygen atoms in total. The van der Waals surface area contributed by atoms with Crippen LogP contribution in [0.3, 0.4) is 0 Å². The van der Waals surface area contributed by atoms with Crippen LogP contribution in [0.25, 0.3) is 0 Å². The van der Waals surface area contributed by atoms with Gasteiger partial charge in [-0.15, -0.1) is 11.3 Å². The molecule has 1 amide bonds. The average Bonchev–Trinajstić information content (AvgIpc) is 2.84. The molecular formula is C17H25NO4S. The van der Waals surface area contributed by atoms with Crippen LogP contribution in [0.4, 0.5) is 5.00 Å². The number of carbonyl (C=O) groups excluding carboxylic acids is 2. The van der Waals surface area contributed by atoms with Crippen LogP contribution in [-0.4, -0.2) is 31.2 Å². The van der Waals surface area contributed by atoms with E-state index < -0.39 is 0 Å². The minimum atomic E-state index is -0.333. The number of hydrogen-bond acceptors (Lipinski definition) is 5. The molecule has 0 saturated carbocycles. The number of thiophene rings is 1. The highest BCUT2D eigenvalue weighted by Gasteiger charge is 2.27. The summed E-state index contributed by atoms with van der Waals surface area (Å²) in [5.41, 5.74) is 1.62. The number of ether oxygens (including phenoxy) is 2. The summed E-state index contributed by atoms with van der Waals surface area (Å²) in [5, 5.41) is 3.51. The van der Waals surface area contributed by atoms with E-state index in [0.29, 0.717) is 23.8 Å². The van der Waals surface area contributed by atoms with Crippen molar-refractivity contribution in [3.8, 4) is 0 Å². The number of carbonyl (C=O) groups is 2. The molecule has 0 unspecified atom stereocenters. The third-order valence-corrected chi connectivity index (χ3v) is 4.89. The Kier molecular flexibility index (Phi) is 6.59. The maximum absolute atomic E-state index is 12.3. The Labute approximate surface area is 141 Å². The number of rotatable bonds is 7. The number of anilines is 1. The fraction of sp³-hybridized carbons (Fsp3) is 0.647. The number of amides is 1. The lowest BCUT2D eigenvalue weighted by molar-refractivity contribution is -0.117. The molecule has 1 N–H and O–H groups in total. The molecule has 0 aliphatic heterocycles. The van der Waals surface area contributed by atoms with E-state index in [-0.39, 0.29) is 24.4 Å². The predicted molar refractivity (Wildman–Crippen MR) is 91.3 cm³/mol. The predicted octanol–water partition coefficient (Wildman–Crippen LogP) is 3.56. The van der Waals surface area contributed by atoms with E-state index in [1.807, 2.05) is 13.8 Å². The molecule has 0 aromatic carbocycles. The van der Waals surface area contributed by atoms with Crippen molar-refractivity contribution in [2.24, 2.45) is 0 Å². The van der Waals surface area contributed by atoms with Gasteiger partial charge in [-0.2, -0.15) is 0 Å². The van der Waals surface area contributed by atoms with Gasteiger partial charge >= 0.3 is 5.97 Å². The average molecular weight is 339 g/mol. The summed E-state index contributed by atoms with van der Waals surface area (Å²) < 4.78 is 10.6. The lowest BCUT2D eigenvalue weighted by Gasteiger charge is -2.12. The van der Waals surface area contributed by atoms with Gasteiger partial charge in [-0.3, -0.25) is 4.79 Å². The first-order chi connectivity index (χ1) is 11.0. The van der Waals surface area contributed by atoms with Gasteiger partial charge in [0, 0.05) is 4.88 Å². The lowest BCUT2D eigenvalue weighted by Crippen LogP contribution is -2.17. The summed E-state index contributed by atoms with van der Waals surface area (Å²) >= 11 is 1.51. The molecule has 6 heteroatoms. The van der Waals surface area contributed by atoms with Gasteiger partial charge in [0.1, 0.15) is 5.00 Å². The summed E-state index contributed by atoms with van der Waals surface area (Å²) in [7, 11) is 0. The number of esters is 1. The topological polar surface area (TPSA) is 64.6 Å². The molecule has 128 valence electrons. The smallest absolute Gasteiger partial charge is 0.341 e. The fourth-order valence-corrected chi connectivity index (χ4v) is 3.94. The van der Waals surface area contributed by atoms with Crippen molar-refractivity contribution in [2.45, 2.75) is 59.0 Å². The van der Waals surface area contributed by atoms with Gasteiger partial charge in [0.2, 0.25) is 5.91 Å². The highest BCUT2D eigenvalue weighted by atomic mass is 32.1. The minimum Gasteiger partial charge on any atom is -0.462 e. The normalized spacial score (nSPS) is 13.7. The van der Waals surface area contributed by atoms with Crippen LogP contribution in [0.2, 0.25) is 0 Å². The van der Waals surface area contributed by atoms with E-state index in [9.17, 15) is 9.59 Å². The zero-order valence-corrected chi connectivity index (χ0v) is 14.9. The Morgan fingerprint density at radius 2 is 2.00 bits per heavy atom. The number of hydrogen-bond donors (Lipinski definition) is 1. The standard InChI is InChI=1S/C17H25NO4S/c1-4-21-17(20)15-12-7-5-6-8-13(12)23-16(15)18-14(19)9-10-22-11(2)3/h11H,4-10H2,1-3H3,(H,18,19). The van der Waals surface area contributed by atoms with Crippen molar-refractivity contribution >= 4 is 28.2 Å². The van der Waals surface area contributed by atoms with E-state index in [1.165, 1.54) is 16.2 Å². The number of aryl methyl sites for hydroxylation is 1. The van der Waals surface area contributed by atoms with Crippen molar-refractivity contribution in [1.29, 1.82) is 0 Å². The molecule has 0 fully saturated rings. The molecule has 0 atom stereocenters. The Hall–Kier alpha value is -1.40. The molecule has 1 aromatic rings. The van der Waals surface area contributed by atoms with Crippen LogP contribution >= 0.6 is 11.3 Å². The van der Waals surface area contributed by atoms with Gasteiger partial charge in [0.15, 0.2) is 0 Å². The monoisotopic (exact) mass is 339 g/mol. The number of nitrogens with one attached hydrogen (secondary N) is 1. The molecule has 0 radical (unpaired) electrons. The Morgan fingerprint density at radius 3 is 2.70 bits per heavy atom. The van der Waals surface area contributed by atoms with E-state index >= 15 is 0 Å². The van der Waals surface area contributed by atoms with Gasteiger partial charge in [-0.05, 0) is 52.0 Å². The molecule has 0 saturated heterocycles. The van der Waals surface area contributed by atoms with Gasteiger partial charge < -0.3 is 14.8 Å². The summed E-state index contributed by atoms with van der Waals surface area (Å²) in [6.45, 7) is 6.37. The van der Waals surface area contributed by atoms with Crippen LogP contribution < -0.4 is 5.32 Å². The largest absolute Gasteiger partial charge is 0.462 e. The van der Waals surface area contributed by atoms with Crippen molar-refractivity contribution < 1.29 is 19.1 Å². The minimum absolute atomic E-state index is 0.104. The second kappa shape index (κ2) is 8.45. The van der Waals surface area contributed by atoms with Gasteiger partial charge in [-0.25, -0.2) is 4.79 Å². The molecule has 1 aromatic heterocycles. The van der Waals surface area contributed by atoms with Crippen LogP contribution in [0.5, 0.6) is 0 Å². The second-order valence-corrected chi connectivity index (χ2v) is 6.96. The van der Waals surface area contributed by atoms with Crippen LogP contribution in [0.15, 0.2) is 0 Å². The van der Waals surface area contributed by atoms with Crippen LogP contribution in [0.1, 0.15) is 60.8 Å². The van der Waals surface area contributed by atoms with Gasteiger partial charge in [0.05, 0.1) is 31.3 Å². The zero-order chi connectivity index (χ0) is 16.8. The molecule has 0 bridgehead atoms. The molecule has 23 heavy (non-hydrogen) atoms. The highest BCUT2D eigenvalue weighted by Crippen LogP contribution is 2.38. The summed E-state index contributed by atoms with van der Waals surface area (Å²) in [6.07, 6.45) is 4.44. The van der Waals surface area contributed by atoms with Crippen LogP contribution in [-0.2, 0) is 27.1 Å². The van der Waals surface area contributed by atoms with E-state index in [4.69, 9.17) is 9.47 Å². The van der Waals surface area contributed by atoms with Crippen molar-refractivity contribution in [3.05, 3.63) is 16.0 Å². The van der Waals surface area contributed by atoms with E-state index in [0.717, 1.165) is 31.2 Å². The first-order valence-corrected chi connectivity index (χ1v) is 9.07. The summed E-state index contributed by atoms with van der Waals surface area (Å²) in [5.74, 6) is -0.463. The highest BCUT2D eigenvalue weighted by molar-refractivity contribution is 7.17. The van der Waals surface area contributed by atoms with Gasteiger partial charge in [0.25, 0.3) is 0 Å². The maximum Gasteiger partial charge on any atom is 0.341 e. The summed E-state index contributed by atoms with van der Waals surface area (Å²) in [6, 6.07) is 0. The lowest BCUT2D eigenvalue weighted by atomic mass is 9.95. The molecule has 1 aliphatic carbocycles. The molecule has 2 rings (SSSR count). The first kappa shape index (κ1) is 17.9. The van der Waals surface area contributed by atoms with E-state index in [1.54, 1.807) is 6.92 Å². The SMILES string of the molecule is CCOC(=O)c1c(NC(=O)CCOC(C)C)sc2c1CCCC2. The Morgan fingerprint density at radius 1 is 1.26 bits per heavy atom. The fourth-order valence-electron chi connectivity index (χ4n) is 2.65. The van der Waals surface area contributed by atoms with Crippen molar-refractivity contribution in [1.82, 2.24) is 0 Å². The van der Waals surface area contributed by atoms with Crippen molar-refractivity contribution in [2.75, 3.05) is 18.5 Å². The third kappa shape index (κ3) is 4.78. The third-order valence-electron chi connectivity index (χ3n) is 3.68. The Balaban J connectivity index is 2.12. The van der Waals surface area contributed by atoms with Gasteiger partial charge in [-0.1, -0.05) is 0 Å². The molecule has 1 heterocycles. The van der Waals surface area contributed by atoms with Crippen LogP contribution in [0, 0.1) is 0 Å². The molecular weight excluding hydrogens is 314 g/mol. The van der Waals surface area contributed by atoms with Crippen molar-refractivity contribution in [3.63, 3.8) is 0 Å². The van der Waals surface area contributed by atoms with E-state index in [2.05, 4.69) is 5.32 Å². The quantitative estimate of drug-likeness (QED) is 0.772.